The molecular formula is C19H25N7O. The fraction of sp³-hybridized carbons (Fsp3) is 0.579. The molecule has 142 valence electrons. The molecular weight excluding hydrogens is 342 g/mol. The zero-order valence-electron chi connectivity index (χ0n) is 15.7. The summed E-state index contributed by atoms with van der Waals surface area (Å²) in [6.45, 7) is 6.21. The van der Waals surface area contributed by atoms with Crippen LogP contribution in [0.25, 0.3) is 11.0 Å². The average molecular weight is 367 g/mol. The van der Waals surface area contributed by atoms with Gasteiger partial charge in [-0.2, -0.15) is 5.26 Å². The standard InChI is InChI=1S/C19H25N7O/c1-2-24(9-3-7-20)18(27)26-11-10-25(12-19(13-26)5-6-19)17-15-4-8-21-16(15)22-14-23-17/h4,8,14H,2-3,5-6,9-13H2,1H3,(H,21,22,23). The van der Waals surface area contributed by atoms with Crippen LogP contribution in [0.5, 0.6) is 0 Å². The van der Waals surface area contributed by atoms with Crippen molar-refractivity contribution in [3.8, 4) is 6.07 Å². The molecule has 1 aliphatic carbocycles. The van der Waals surface area contributed by atoms with E-state index in [9.17, 15) is 4.79 Å². The van der Waals surface area contributed by atoms with E-state index in [2.05, 4.69) is 25.9 Å². The van der Waals surface area contributed by atoms with Crippen LogP contribution < -0.4 is 4.90 Å². The summed E-state index contributed by atoms with van der Waals surface area (Å²) < 4.78 is 0. The number of hydrogen-bond donors (Lipinski definition) is 1. The molecule has 0 radical (unpaired) electrons. The second-order valence-electron chi connectivity index (χ2n) is 7.55. The summed E-state index contributed by atoms with van der Waals surface area (Å²) in [7, 11) is 0. The van der Waals surface area contributed by atoms with Gasteiger partial charge in [-0.3, -0.25) is 0 Å². The van der Waals surface area contributed by atoms with Crippen LogP contribution in [0.2, 0.25) is 0 Å². The van der Waals surface area contributed by atoms with Gasteiger partial charge < -0.3 is 19.7 Å². The van der Waals surface area contributed by atoms with E-state index in [1.165, 1.54) is 0 Å². The Morgan fingerprint density at radius 2 is 2.22 bits per heavy atom. The lowest BCUT2D eigenvalue weighted by Gasteiger charge is -2.30. The number of amides is 2. The normalized spacial score (nSPS) is 18.4. The van der Waals surface area contributed by atoms with Crippen molar-refractivity contribution >= 4 is 22.9 Å². The van der Waals surface area contributed by atoms with Crippen LogP contribution in [-0.4, -0.2) is 70.1 Å². The predicted octanol–water partition coefficient (Wildman–Crippen LogP) is 2.22. The number of rotatable bonds is 4. The first-order valence-electron chi connectivity index (χ1n) is 9.60. The van der Waals surface area contributed by atoms with Crippen molar-refractivity contribution < 1.29 is 4.79 Å². The van der Waals surface area contributed by atoms with Gasteiger partial charge in [-0.25, -0.2) is 14.8 Å². The lowest BCUT2D eigenvalue weighted by atomic mass is 10.1. The van der Waals surface area contributed by atoms with Gasteiger partial charge in [0.2, 0.25) is 0 Å². The first kappa shape index (κ1) is 17.6. The molecule has 8 heteroatoms. The van der Waals surface area contributed by atoms with E-state index in [1.54, 1.807) is 11.2 Å². The van der Waals surface area contributed by atoms with Crippen LogP contribution in [0.15, 0.2) is 18.6 Å². The first-order chi connectivity index (χ1) is 13.2. The van der Waals surface area contributed by atoms with Gasteiger partial charge >= 0.3 is 6.03 Å². The molecule has 1 aliphatic heterocycles. The third kappa shape index (κ3) is 3.42. The number of H-pyrrole nitrogens is 1. The summed E-state index contributed by atoms with van der Waals surface area (Å²) in [5.41, 5.74) is 1.00. The lowest BCUT2D eigenvalue weighted by Crippen LogP contribution is -2.46. The molecule has 0 aromatic carbocycles. The minimum Gasteiger partial charge on any atom is -0.354 e. The maximum atomic E-state index is 13.0. The molecule has 2 fully saturated rings. The van der Waals surface area contributed by atoms with Crippen LogP contribution in [0.4, 0.5) is 10.6 Å². The monoisotopic (exact) mass is 367 g/mol. The molecule has 0 unspecified atom stereocenters. The fourth-order valence-electron chi connectivity index (χ4n) is 3.98. The van der Waals surface area contributed by atoms with Crippen LogP contribution in [0.3, 0.4) is 0 Å². The van der Waals surface area contributed by atoms with Crippen LogP contribution in [0, 0.1) is 16.7 Å². The number of urea groups is 1. The molecule has 0 bridgehead atoms. The smallest absolute Gasteiger partial charge is 0.320 e. The number of nitrogens with zero attached hydrogens (tertiary/aromatic N) is 6. The summed E-state index contributed by atoms with van der Waals surface area (Å²) in [6.07, 6.45) is 6.13. The molecule has 1 saturated heterocycles. The third-order valence-electron chi connectivity index (χ3n) is 5.70. The molecule has 2 amide bonds. The van der Waals surface area contributed by atoms with Crippen molar-refractivity contribution in [2.45, 2.75) is 26.2 Å². The van der Waals surface area contributed by atoms with E-state index in [0.29, 0.717) is 26.1 Å². The number of aromatic nitrogens is 3. The highest BCUT2D eigenvalue weighted by atomic mass is 16.2. The molecule has 2 aromatic heterocycles. The van der Waals surface area contributed by atoms with Gasteiger partial charge in [-0.15, -0.1) is 0 Å². The predicted molar refractivity (Wildman–Crippen MR) is 102 cm³/mol. The Labute approximate surface area is 158 Å². The number of fused-ring (bicyclic) bond motifs is 1. The van der Waals surface area contributed by atoms with E-state index in [4.69, 9.17) is 5.26 Å². The number of carbonyl (C=O) groups is 1. The van der Waals surface area contributed by atoms with Crippen molar-refractivity contribution in [2.24, 2.45) is 5.41 Å². The number of nitriles is 1. The third-order valence-corrected chi connectivity index (χ3v) is 5.70. The Morgan fingerprint density at radius 3 is 2.96 bits per heavy atom. The van der Waals surface area contributed by atoms with Crippen molar-refractivity contribution in [3.05, 3.63) is 18.6 Å². The van der Waals surface area contributed by atoms with Crippen molar-refractivity contribution in [2.75, 3.05) is 44.2 Å². The van der Waals surface area contributed by atoms with Gasteiger partial charge in [0, 0.05) is 50.9 Å². The minimum atomic E-state index is 0.0513. The van der Waals surface area contributed by atoms with Crippen LogP contribution in [0.1, 0.15) is 26.2 Å². The average Bonchev–Trinajstić information content (AvgIpc) is 3.32. The molecule has 27 heavy (non-hydrogen) atoms. The number of aromatic amines is 1. The van der Waals surface area contributed by atoms with Gasteiger partial charge in [-0.05, 0) is 25.8 Å². The van der Waals surface area contributed by atoms with Gasteiger partial charge in [0.25, 0.3) is 0 Å². The summed E-state index contributed by atoms with van der Waals surface area (Å²) in [5, 5.41) is 9.87. The van der Waals surface area contributed by atoms with Gasteiger partial charge in [0.15, 0.2) is 0 Å². The zero-order valence-corrected chi connectivity index (χ0v) is 15.7. The maximum absolute atomic E-state index is 13.0. The second kappa shape index (κ2) is 7.06. The van der Waals surface area contributed by atoms with Gasteiger partial charge in [-0.1, -0.05) is 0 Å². The highest BCUT2D eigenvalue weighted by Crippen LogP contribution is 2.48. The molecule has 1 N–H and O–H groups in total. The van der Waals surface area contributed by atoms with Crippen molar-refractivity contribution in [3.63, 3.8) is 0 Å². The number of hydrogen-bond acceptors (Lipinski definition) is 5. The SMILES string of the molecule is CCN(CCC#N)C(=O)N1CCN(c2ncnc3[nH]ccc23)CC2(CC2)C1. The molecule has 8 nitrogen and oxygen atoms in total. The molecule has 1 saturated carbocycles. The number of anilines is 1. The highest BCUT2D eigenvalue weighted by molar-refractivity contribution is 5.87. The molecule has 1 spiro atoms. The molecule has 3 heterocycles. The Bertz CT molecular complexity index is 866. The first-order valence-corrected chi connectivity index (χ1v) is 9.60. The van der Waals surface area contributed by atoms with E-state index in [0.717, 1.165) is 49.3 Å². The second-order valence-corrected chi connectivity index (χ2v) is 7.55. The minimum absolute atomic E-state index is 0.0513. The highest BCUT2D eigenvalue weighted by Gasteiger charge is 2.48. The topological polar surface area (TPSA) is 92.2 Å². The van der Waals surface area contributed by atoms with E-state index in [1.807, 2.05) is 24.1 Å². The largest absolute Gasteiger partial charge is 0.354 e. The molecule has 2 aliphatic rings. The molecule has 2 aromatic rings. The quantitative estimate of drug-likeness (QED) is 0.894. The van der Waals surface area contributed by atoms with Gasteiger partial charge in [0.05, 0.1) is 17.9 Å². The van der Waals surface area contributed by atoms with E-state index >= 15 is 0 Å². The Balaban J connectivity index is 1.55. The van der Waals surface area contributed by atoms with E-state index < -0.39 is 0 Å². The number of carbonyl (C=O) groups excluding carboxylic acids is 1. The van der Waals surface area contributed by atoms with Crippen molar-refractivity contribution in [1.29, 1.82) is 5.26 Å². The van der Waals surface area contributed by atoms with E-state index in [-0.39, 0.29) is 11.4 Å². The maximum Gasteiger partial charge on any atom is 0.320 e. The summed E-state index contributed by atoms with van der Waals surface area (Å²) in [5.74, 6) is 0.943. The Morgan fingerprint density at radius 1 is 1.37 bits per heavy atom. The summed E-state index contributed by atoms with van der Waals surface area (Å²) in [6, 6.07) is 4.20. The summed E-state index contributed by atoms with van der Waals surface area (Å²) >= 11 is 0. The Kier molecular flexibility index (Phi) is 4.60. The molecule has 0 atom stereocenters. The zero-order chi connectivity index (χ0) is 18.9. The number of nitrogens with one attached hydrogen (secondary N) is 1. The Hall–Kier alpha value is -2.82. The van der Waals surface area contributed by atoms with Crippen LogP contribution >= 0.6 is 0 Å². The fourth-order valence-corrected chi connectivity index (χ4v) is 3.98. The van der Waals surface area contributed by atoms with Crippen molar-refractivity contribution in [1.82, 2.24) is 24.8 Å². The van der Waals surface area contributed by atoms with Crippen LogP contribution in [-0.2, 0) is 0 Å². The molecule has 4 rings (SSSR count). The van der Waals surface area contributed by atoms with Gasteiger partial charge in [0.1, 0.15) is 17.8 Å². The lowest BCUT2D eigenvalue weighted by molar-refractivity contribution is 0.151. The summed E-state index contributed by atoms with van der Waals surface area (Å²) in [4.78, 5) is 31.1.